The normalized spacial score (nSPS) is 14.1. The van der Waals surface area contributed by atoms with Crippen molar-refractivity contribution in [3.05, 3.63) is 59.2 Å². The monoisotopic (exact) mass is 286 g/mol. The second kappa shape index (κ2) is 5.63. The van der Waals surface area contributed by atoms with Crippen molar-refractivity contribution in [2.24, 2.45) is 0 Å². The van der Waals surface area contributed by atoms with Crippen LogP contribution >= 0.6 is 11.6 Å². The van der Waals surface area contributed by atoms with Crippen LogP contribution in [0.1, 0.15) is 18.4 Å². The molecule has 1 saturated carbocycles. The van der Waals surface area contributed by atoms with Crippen LogP contribution in [-0.2, 0) is 11.2 Å². The summed E-state index contributed by atoms with van der Waals surface area (Å²) in [5, 5.41) is 0.685. The fourth-order valence-electron chi connectivity index (χ4n) is 2.21. The average molecular weight is 287 g/mol. The van der Waals surface area contributed by atoms with Gasteiger partial charge in [0.25, 0.3) is 0 Å². The van der Waals surface area contributed by atoms with Crippen LogP contribution in [0.25, 0.3) is 0 Å². The Balaban J connectivity index is 1.78. The molecule has 0 N–H and O–H groups in total. The van der Waals surface area contributed by atoms with Crippen molar-refractivity contribution in [1.29, 1.82) is 0 Å². The molecule has 1 aliphatic rings. The molecule has 1 aromatic heterocycles. The molecule has 0 saturated heterocycles. The SMILES string of the molecule is O=C(Cc1ccc(Cl)cc1)N(c1ccccn1)C1CC1. The molecule has 0 radical (unpaired) electrons. The number of amides is 1. The maximum Gasteiger partial charge on any atom is 0.232 e. The lowest BCUT2D eigenvalue weighted by Crippen LogP contribution is -2.34. The summed E-state index contributed by atoms with van der Waals surface area (Å²) in [5.41, 5.74) is 0.973. The van der Waals surface area contributed by atoms with Gasteiger partial charge in [-0.05, 0) is 42.7 Å². The Kier molecular flexibility index (Phi) is 3.70. The molecule has 0 atom stereocenters. The summed E-state index contributed by atoms with van der Waals surface area (Å²) >= 11 is 5.86. The number of hydrogen-bond acceptors (Lipinski definition) is 2. The molecule has 3 nitrogen and oxygen atoms in total. The highest BCUT2D eigenvalue weighted by atomic mass is 35.5. The van der Waals surface area contributed by atoms with Gasteiger partial charge in [0.1, 0.15) is 5.82 Å². The highest BCUT2D eigenvalue weighted by molar-refractivity contribution is 6.30. The van der Waals surface area contributed by atoms with Gasteiger partial charge in [-0.25, -0.2) is 4.98 Å². The quantitative estimate of drug-likeness (QED) is 0.862. The van der Waals surface area contributed by atoms with Crippen molar-refractivity contribution in [1.82, 2.24) is 4.98 Å². The number of halogens is 1. The summed E-state index contributed by atoms with van der Waals surface area (Å²) in [5.74, 6) is 0.836. The maximum atomic E-state index is 12.5. The van der Waals surface area contributed by atoms with Crippen LogP contribution in [0.4, 0.5) is 5.82 Å². The second-order valence-electron chi connectivity index (χ2n) is 4.99. The topological polar surface area (TPSA) is 33.2 Å². The third kappa shape index (κ3) is 2.99. The van der Waals surface area contributed by atoms with Crippen LogP contribution in [-0.4, -0.2) is 16.9 Å². The summed E-state index contributed by atoms with van der Waals surface area (Å²) in [6.45, 7) is 0. The fraction of sp³-hybridized carbons (Fsp3) is 0.250. The summed E-state index contributed by atoms with van der Waals surface area (Å²) in [4.78, 5) is 18.7. The molecule has 0 bridgehead atoms. The minimum Gasteiger partial charge on any atom is -0.293 e. The Morgan fingerprint density at radius 1 is 1.20 bits per heavy atom. The van der Waals surface area contributed by atoms with Gasteiger partial charge in [0.15, 0.2) is 0 Å². The molecule has 0 spiro atoms. The van der Waals surface area contributed by atoms with E-state index in [1.165, 1.54) is 0 Å². The van der Waals surface area contributed by atoms with Gasteiger partial charge in [0.2, 0.25) is 5.91 Å². The van der Waals surface area contributed by atoms with Gasteiger partial charge >= 0.3 is 0 Å². The first-order chi connectivity index (χ1) is 9.74. The Hall–Kier alpha value is -1.87. The Morgan fingerprint density at radius 3 is 2.55 bits per heavy atom. The van der Waals surface area contributed by atoms with E-state index in [0.717, 1.165) is 24.2 Å². The van der Waals surface area contributed by atoms with Crippen molar-refractivity contribution in [2.45, 2.75) is 25.3 Å². The van der Waals surface area contributed by atoms with E-state index in [2.05, 4.69) is 4.98 Å². The lowest BCUT2D eigenvalue weighted by Gasteiger charge is -2.21. The predicted molar refractivity (Wildman–Crippen MR) is 79.9 cm³/mol. The van der Waals surface area contributed by atoms with Crippen LogP contribution < -0.4 is 4.90 Å². The van der Waals surface area contributed by atoms with E-state index in [9.17, 15) is 4.79 Å². The van der Waals surface area contributed by atoms with E-state index in [4.69, 9.17) is 11.6 Å². The third-order valence-electron chi connectivity index (χ3n) is 3.35. The average Bonchev–Trinajstić information content (AvgIpc) is 3.28. The van der Waals surface area contributed by atoms with Crippen LogP contribution in [0, 0.1) is 0 Å². The molecule has 1 aromatic carbocycles. The first-order valence-corrected chi connectivity index (χ1v) is 7.09. The summed E-state index contributed by atoms with van der Waals surface area (Å²) in [7, 11) is 0. The number of nitrogens with zero attached hydrogens (tertiary/aromatic N) is 2. The van der Waals surface area contributed by atoms with E-state index < -0.39 is 0 Å². The minimum atomic E-state index is 0.0912. The fourth-order valence-corrected chi connectivity index (χ4v) is 2.34. The molecule has 0 aliphatic heterocycles. The van der Waals surface area contributed by atoms with Crippen molar-refractivity contribution >= 4 is 23.3 Å². The Bertz CT molecular complexity index is 594. The second-order valence-corrected chi connectivity index (χ2v) is 5.42. The highest BCUT2D eigenvalue weighted by Gasteiger charge is 2.34. The molecular formula is C16H15ClN2O. The number of carbonyl (C=O) groups excluding carboxylic acids is 1. The highest BCUT2D eigenvalue weighted by Crippen LogP contribution is 2.31. The van der Waals surface area contributed by atoms with Crippen LogP contribution in [0.15, 0.2) is 48.7 Å². The van der Waals surface area contributed by atoms with E-state index in [1.807, 2.05) is 47.4 Å². The van der Waals surface area contributed by atoms with E-state index in [-0.39, 0.29) is 5.91 Å². The zero-order chi connectivity index (χ0) is 13.9. The molecule has 3 rings (SSSR count). The Labute approximate surface area is 123 Å². The third-order valence-corrected chi connectivity index (χ3v) is 3.60. The van der Waals surface area contributed by atoms with Crippen LogP contribution in [0.3, 0.4) is 0 Å². The number of hydrogen-bond donors (Lipinski definition) is 0. The van der Waals surface area contributed by atoms with Gasteiger partial charge in [-0.3, -0.25) is 9.69 Å². The largest absolute Gasteiger partial charge is 0.293 e. The molecule has 2 aromatic rings. The van der Waals surface area contributed by atoms with Gasteiger partial charge in [-0.15, -0.1) is 0 Å². The molecule has 102 valence electrons. The number of carbonyl (C=O) groups is 1. The van der Waals surface area contributed by atoms with Crippen molar-refractivity contribution in [3.63, 3.8) is 0 Å². The first kappa shape index (κ1) is 13.1. The van der Waals surface area contributed by atoms with E-state index in [0.29, 0.717) is 17.5 Å². The number of aromatic nitrogens is 1. The maximum absolute atomic E-state index is 12.5. The first-order valence-electron chi connectivity index (χ1n) is 6.71. The number of pyridine rings is 1. The lowest BCUT2D eigenvalue weighted by atomic mass is 10.1. The Morgan fingerprint density at radius 2 is 1.95 bits per heavy atom. The smallest absolute Gasteiger partial charge is 0.232 e. The van der Waals surface area contributed by atoms with Crippen molar-refractivity contribution in [2.75, 3.05) is 4.90 Å². The molecule has 1 fully saturated rings. The molecule has 4 heteroatoms. The van der Waals surface area contributed by atoms with Crippen LogP contribution in [0.5, 0.6) is 0 Å². The van der Waals surface area contributed by atoms with Crippen molar-refractivity contribution in [3.8, 4) is 0 Å². The van der Waals surface area contributed by atoms with Gasteiger partial charge in [-0.2, -0.15) is 0 Å². The van der Waals surface area contributed by atoms with E-state index in [1.54, 1.807) is 6.20 Å². The molecule has 1 heterocycles. The van der Waals surface area contributed by atoms with Crippen LogP contribution in [0.2, 0.25) is 5.02 Å². The molecule has 20 heavy (non-hydrogen) atoms. The molecule has 1 amide bonds. The van der Waals surface area contributed by atoms with Gasteiger partial charge in [0, 0.05) is 17.3 Å². The summed E-state index contributed by atoms with van der Waals surface area (Å²) in [6, 6.07) is 13.4. The number of benzene rings is 1. The lowest BCUT2D eigenvalue weighted by molar-refractivity contribution is -0.118. The van der Waals surface area contributed by atoms with E-state index >= 15 is 0 Å². The van der Waals surface area contributed by atoms with Gasteiger partial charge in [0.05, 0.1) is 6.42 Å². The standard InChI is InChI=1S/C16H15ClN2O/c17-13-6-4-12(5-7-13)11-16(20)19(14-8-9-14)15-3-1-2-10-18-15/h1-7,10,14H,8-9,11H2. The zero-order valence-electron chi connectivity index (χ0n) is 11.0. The zero-order valence-corrected chi connectivity index (χ0v) is 11.8. The predicted octanol–water partition coefficient (Wildman–Crippen LogP) is 3.47. The van der Waals surface area contributed by atoms with Gasteiger partial charge in [-0.1, -0.05) is 29.8 Å². The van der Waals surface area contributed by atoms with Crippen molar-refractivity contribution < 1.29 is 4.79 Å². The summed E-state index contributed by atoms with van der Waals surface area (Å²) < 4.78 is 0. The molecule has 1 aliphatic carbocycles. The molecule has 0 unspecified atom stereocenters. The summed E-state index contributed by atoms with van der Waals surface area (Å²) in [6.07, 6.45) is 4.22. The number of anilines is 1. The number of rotatable bonds is 4. The molecular weight excluding hydrogens is 272 g/mol. The minimum absolute atomic E-state index is 0.0912. The van der Waals surface area contributed by atoms with Gasteiger partial charge < -0.3 is 0 Å².